The Morgan fingerprint density at radius 1 is 1.56 bits per heavy atom. The minimum Gasteiger partial charge on any atom is -0.346 e. The summed E-state index contributed by atoms with van der Waals surface area (Å²) in [6.45, 7) is 4.89. The number of hydrogen-bond donors (Lipinski definition) is 1. The smallest absolute Gasteiger partial charge is 0.268 e. The van der Waals surface area contributed by atoms with Crippen molar-refractivity contribution >= 4 is 28.5 Å². The van der Waals surface area contributed by atoms with Crippen LogP contribution in [0.5, 0.6) is 0 Å². The number of fused-ring (bicyclic) bond motifs is 3. The van der Waals surface area contributed by atoms with Gasteiger partial charge in [0, 0.05) is 24.2 Å². The van der Waals surface area contributed by atoms with Gasteiger partial charge in [-0.15, -0.1) is 0 Å². The molecule has 0 spiro atoms. The molecule has 2 aromatic heterocycles. The van der Waals surface area contributed by atoms with Crippen molar-refractivity contribution in [3.8, 4) is 0 Å². The van der Waals surface area contributed by atoms with Gasteiger partial charge in [-0.25, -0.2) is 4.98 Å². The van der Waals surface area contributed by atoms with Crippen molar-refractivity contribution in [2.24, 2.45) is 5.92 Å². The van der Waals surface area contributed by atoms with Crippen LogP contribution in [0.1, 0.15) is 24.3 Å². The van der Waals surface area contributed by atoms with Crippen molar-refractivity contribution < 1.29 is 4.79 Å². The molecule has 0 fully saturated rings. The van der Waals surface area contributed by atoms with Crippen LogP contribution in [0.25, 0.3) is 11.0 Å². The second-order valence-corrected chi connectivity index (χ2v) is 5.22. The zero-order valence-electron chi connectivity index (χ0n) is 10.1. The van der Waals surface area contributed by atoms with E-state index in [9.17, 15) is 4.79 Å². The van der Waals surface area contributed by atoms with Crippen LogP contribution in [0.4, 0.5) is 0 Å². The molecule has 1 aliphatic rings. The summed E-state index contributed by atoms with van der Waals surface area (Å²) in [7, 11) is 0. The Kier molecular flexibility index (Phi) is 2.52. The van der Waals surface area contributed by atoms with E-state index in [1.807, 2.05) is 4.57 Å². The maximum Gasteiger partial charge on any atom is 0.268 e. The third-order valence-corrected chi connectivity index (χ3v) is 3.52. The van der Waals surface area contributed by atoms with Crippen molar-refractivity contribution in [1.82, 2.24) is 19.9 Å². The topological polar surface area (TPSA) is 59.8 Å². The van der Waals surface area contributed by atoms with Crippen molar-refractivity contribution in [3.05, 3.63) is 23.2 Å². The third kappa shape index (κ3) is 1.66. The van der Waals surface area contributed by atoms with Gasteiger partial charge in [0.15, 0.2) is 0 Å². The van der Waals surface area contributed by atoms with Gasteiger partial charge in [-0.1, -0.05) is 13.8 Å². The van der Waals surface area contributed by atoms with E-state index in [0.29, 0.717) is 11.6 Å². The first-order valence-corrected chi connectivity index (χ1v) is 6.26. The van der Waals surface area contributed by atoms with Crippen LogP contribution in [0.15, 0.2) is 12.3 Å². The van der Waals surface area contributed by atoms with Gasteiger partial charge in [0.1, 0.15) is 11.3 Å². The van der Waals surface area contributed by atoms with Gasteiger partial charge < -0.3 is 9.88 Å². The lowest BCUT2D eigenvalue weighted by Gasteiger charge is -2.28. The second-order valence-electron chi connectivity index (χ2n) is 4.88. The Bertz CT molecular complexity index is 634. The van der Waals surface area contributed by atoms with Gasteiger partial charge in [0.2, 0.25) is 5.28 Å². The van der Waals surface area contributed by atoms with Gasteiger partial charge >= 0.3 is 0 Å². The molecule has 3 rings (SSSR count). The van der Waals surface area contributed by atoms with Crippen LogP contribution in [-0.4, -0.2) is 26.5 Å². The fraction of sp³-hybridized carbons (Fsp3) is 0.417. The van der Waals surface area contributed by atoms with Gasteiger partial charge in [0.25, 0.3) is 5.91 Å². The first-order valence-electron chi connectivity index (χ1n) is 5.89. The normalized spacial score (nSPS) is 19.1. The predicted molar refractivity (Wildman–Crippen MR) is 68.6 cm³/mol. The summed E-state index contributed by atoms with van der Waals surface area (Å²) < 4.78 is 1.92. The fourth-order valence-corrected chi connectivity index (χ4v) is 2.38. The first kappa shape index (κ1) is 11.5. The average molecular weight is 265 g/mol. The van der Waals surface area contributed by atoms with E-state index >= 15 is 0 Å². The maximum atomic E-state index is 12.0. The van der Waals surface area contributed by atoms with Crippen LogP contribution in [0.3, 0.4) is 0 Å². The third-order valence-electron chi connectivity index (χ3n) is 3.34. The molecule has 1 N–H and O–H groups in total. The molecule has 94 valence electrons. The number of carbonyl (C=O) groups is 1. The first-order chi connectivity index (χ1) is 8.56. The van der Waals surface area contributed by atoms with E-state index in [1.165, 1.54) is 0 Å². The predicted octanol–water partition coefficient (Wildman–Crippen LogP) is 1.85. The Labute approximate surface area is 109 Å². The van der Waals surface area contributed by atoms with Crippen LogP contribution in [0.2, 0.25) is 5.28 Å². The second kappa shape index (κ2) is 3.95. The Morgan fingerprint density at radius 3 is 3.06 bits per heavy atom. The van der Waals surface area contributed by atoms with E-state index in [0.717, 1.165) is 17.6 Å². The fourth-order valence-electron chi connectivity index (χ4n) is 2.25. The Morgan fingerprint density at radius 2 is 2.33 bits per heavy atom. The molecule has 18 heavy (non-hydrogen) atoms. The largest absolute Gasteiger partial charge is 0.346 e. The molecule has 0 saturated carbocycles. The zero-order valence-corrected chi connectivity index (χ0v) is 10.9. The number of rotatable bonds is 1. The van der Waals surface area contributed by atoms with Crippen molar-refractivity contribution in [2.45, 2.75) is 26.4 Å². The number of halogens is 1. The van der Waals surface area contributed by atoms with Crippen LogP contribution < -0.4 is 5.32 Å². The number of carbonyl (C=O) groups excluding carboxylic acids is 1. The lowest BCUT2D eigenvalue weighted by molar-refractivity contribution is 0.0885. The molecule has 1 unspecified atom stereocenters. The molecule has 1 aliphatic heterocycles. The molecule has 0 aliphatic carbocycles. The summed E-state index contributed by atoms with van der Waals surface area (Å²) in [5.41, 5.74) is 1.35. The highest BCUT2D eigenvalue weighted by atomic mass is 35.5. The number of amides is 1. The Balaban J connectivity index is 2.18. The van der Waals surface area contributed by atoms with Gasteiger partial charge in [0.05, 0.1) is 0 Å². The van der Waals surface area contributed by atoms with Gasteiger partial charge in [-0.05, 0) is 23.6 Å². The van der Waals surface area contributed by atoms with Crippen LogP contribution >= 0.6 is 11.6 Å². The van der Waals surface area contributed by atoms with E-state index in [1.54, 1.807) is 12.3 Å². The lowest BCUT2D eigenvalue weighted by atomic mass is 10.0. The van der Waals surface area contributed by atoms with Crippen molar-refractivity contribution in [1.29, 1.82) is 0 Å². The van der Waals surface area contributed by atoms with E-state index in [2.05, 4.69) is 29.1 Å². The van der Waals surface area contributed by atoms with Crippen LogP contribution in [0, 0.1) is 5.92 Å². The molecule has 1 amide bonds. The molecule has 1 atom stereocenters. The molecular formula is C12H13ClN4O. The highest BCUT2D eigenvalue weighted by Crippen LogP contribution is 2.23. The van der Waals surface area contributed by atoms with E-state index in [-0.39, 0.29) is 17.2 Å². The molecule has 0 saturated heterocycles. The summed E-state index contributed by atoms with van der Waals surface area (Å²) in [4.78, 5) is 20.2. The van der Waals surface area contributed by atoms with Gasteiger partial charge in [-0.3, -0.25) is 4.79 Å². The summed E-state index contributed by atoms with van der Waals surface area (Å²) in [5.74, 6) is 0.311. The summed E-state index contributed by atoms with van der Waals surface area (Å²) in [6, 6.07) is 1.92. The number of nitrogens with one attached hydrogen (secondary N) is 1. The SMILES string of the molecule is CC(C)C1Cn2c(cc3cnc(Cl)nc32)C(=O)N1. The summed E-state index contributed by atoms with van der Waals surface area (Å²) >= 11 is 5.82. The average Bonchev–Trinajstić information content (AvgIpc) is 2.68. The molecule has 2 aromatic rings. The number of aromatic nitrogens is 3. The minimum absolute atomic E-state index is 0.0610. The standard InChI is InChI=1S/C12H13ClN4O/c1-6(2)8-5-17-9(11(18)15-8)3-7-4-14-12(13)16-10(7)17/h3-4,6,8H,5H2,1-2H3,(H,15,18). The van der Waals surface area contributed by atoms with Crippen molar-refractivity contribution in [3.63, 3.8) is 0 Å². The highest BCUT2D eigenvalue weighted by molar-refractivity contribution is 6.28. The minimum atomic E-state index is -0.0610. The highest BCUT2D eigenvalue weighted by Gasteiger charge is 2.28. The molecule has 3 heterocycles. The molecule has 0 aromatic carbocycles. The molecular weight excluding hydrogens is 252 g/mol. The molecule has 0 bridgehead atoms. The van der Waals surface area contributed by atoms with Gasteiger partial charge in [-0.2, -0.15) is 4.98 Å². The van der Waals surface area contributed by atoms with E-state index < -0.39 is 0 Å². The summed E-state index contributed by atoms with van der Waals surface area (Å²) in [5, 5.41) is 4.05. The molecule has 6 heteroatoms. The number of nitrogens with zero attached hydrogens (tertiary/aromatic N) is 3. The zero-order chi connectivity index (χ0) is 12.9. The number of hydrogen-bond acceptors (Lipinski definition) is 3. The van der Waals surface area contributed by atoms with E-state index in [4.69, 9.17) is 11.6 Å². The molecule has 5 nitrogen and oxygen atoms in total. The quantitative estimate of drug-likeness (QED) is 0.800. The summed E-state index contributed by atoms with van der Waals surface area (Å²) in [6.07, 6.45) is 1.65. The van der Waals surface area contributed by atoms with Crippen LogP contribution in [-0.2, 0) is 6.54 Å². The Hall–Kier alpha value is -1.62. The monoisotopic (exact) mass is 264 g/mol. The lowest BCUT2D eigenvalue weighted by Crippen LogP contribution is -2.46. The molecule has 0 radical (unpaired) electrons. The van der Waals surface area contributed by atoms with Crippen molar-refractivity contribution in [2.75, 3.05) is 0 Å². The maximum absolute atomic E-state index is 12.0.